The minimum absolute atomic E-state index is 0.787. The Morgan fingerprint density at radius 1 is 0.842 bits per heavy atom. The van der Waals surface area contributed by atoms with Crippen LogP contribution in [0.15, 0.2) is 10.2 Å². The van der Waals surface area contributed by atoms with Gasteiger partial charge in [0, 0.05) is 0 Å². The van der Waals surface area contributed by atoms with Crippen molar-refractivity contribution in [2.24, 2.45) is 10.2 Å². The molecule has 110 valence electrons. The minimum atomic E-state index is -2.05. The number of nitrogens with zero attached hydrogens (tertiary/aromatic N) is 2. The molecule has 0 aliphatic carbocycles. The Labute approximate surface area is 116 Å². The van der Waals surface area contributed by atoms with Crippen LogP contribution in [0.25, 0.3) is 0 Å². The van der Waals surface area contributed by atoms with Gasteiger partial charge in [0.2, 0.25) is 8.32 Å². The summed E-state index contributed by atoms with van der Waals surface area (Å²) in [5.41, 5.74) is 0. The number of carbonyl (C=O) groups excluding carboxylic acids is 2. The van der Waals surface area contributed by atoms with Crippen LogP contribution in [0, 0.1) is 0 Å². The van der Waals surface area contributed by atoms with Gasteiger partial charge in [-0.2, -0.15) is 0 Å². The summed E-state index contributed by atoms with van der Waals surface area (Å²) in [6.45, 7) is 11.6. The summed E-state index contributed by atoms with van der Waals surface area (Å²) >= 11 is 0. The summed E-state index contributed by atoms with van der Waals surface area (Å²) in [6.07, 6.45) is -1.61. The molecule has 2 amide bonds. The van der Waals surface area contributed by atoms with Crippen LogP contribution in [0.5, 0.6) is 0 Å². The zero-order chi connectivity index (χ0) is 15.1. The maximum Gasteiger partial charge on any atom is 0.439 e. The van der Waals surface area contributed by atoms with Crippen molar-refractivity contribution in [3.8, 4) is 0 Å². The second-order valence-electron chi connectivity index (χ2n) is 5.29. The second kappa shape index (κ2) is 7.54. The van der Waals surface area contributed by atoms with Crippen LogP contribution in [0.4, 0.5) is 9.59 Å². The fourth-order valence-corrected chi connectivity index (χ4v) is 4.45. The quantitative estimate of drug-likeness (QED) is 0.551. The molecule has 0 bridgehead atoms. The molecule has 6 nitrogen and oxygen atoms in total. The lowest BCUT2D eigenvalue weighted by Crippen LogP contribution is -2.37. The zero-order valence-electron chi connectivity index (χ0n) is 12.6. The Morgan fingerprint density at radius 3 is 1.53 bits per heavy atom. The van der Waals surface area contributed by atoms with Gasteiger partial charge in [0.15, 0.2) is 0 Å². The van der Waals surface area contributed by atoms with E-state index in [-0.39, 0.29) is 0 Å². The van der Waals surface area contributed by atoms with Gasteiger partial charge >= 0.3 is 12.2 Å². The van der Waals surface area contributed by atoms with Crippen LogP contribution in [0.3, 0.4) is 0 Å². The van der Waals surface area contributed by atoms with Crippen molar-refractivity contribution < 1.29 is 18.4 Å². The van der Waals surface area contributed by atoms with Gasteiger partial charge in [-0.3, -0.25) is 0 Å². The lowest BCUT2D eigenvalue weighted by Gasteiger charge is -2.25. The van der Waals surface area contributed by atoms with E-state index in [0.29, 0.717) is 0 Å². The summed E-state index contributed by atoms with van der Waals surface area (Å²) in [5.74, 6) is 0. The van der Waals surface area contributed by atoms with E-state index in [1.165, 1.54) is 0 Å². The number of carbonyl (C=O) groups is 2. The largest absolute Gasteiger partial charge is 0.502 e. The van der Waals surface area contributed by atoms with Crippen molar-refractivity contribution >= 4 is 28.8 Å². The highest BCUT2D eigenvalue weighted by Crippen LogP contribution is 2.22. The van der Waals surface area contributed by atoms with Gasteiger partial charge in [-0.25, -0.2) is 9.59 Å². The Hall–Kier alpha value is -1.03. The predicted octanol–water partition coefficient (Wildman–Crippen LogP) is 4.55. The average molecular weight is 304 g/mol. The summed E-state index contributed by atoms with van der Waals surface area (Å²) < 4.78 is 10.4. The summed E-state index contributed by atoms with van der Waals surface area (Å²) in [4.78, 5) is 22.9. The molecule has 0 spiro atoms. The highest BCUT2D eigenvalue weighted by atomic mass is 28.4. The average Bonchev–Trinajstić information content (AvgIpc) is 2.31. The molecule has 0 unspecified atom stereocenters. The number of hydrogen-bond acceptors (Lipinski definition) is 4. The fourth-order valence-electron chi connectivity index (χ4n) is 1.54. The Kier molecular flexibility index (Phi) is 7.13. The van der Waals surface area contributed by atoms with Crippen LogP contribution in [0.1, 0.15) is 20.8 Å². The van der Waals surface area contributed by atoms with Gasteiger partial charge in [-0.1, -0.05) is 31.0 Å². The van der Waals surface area contributed by atoms with Gasteiger partial charge < -0.3 is 8.85 Å². The Bertz CT molecular complexity index is 341. The molecule has 0 aromatic carbocycles. The maximum absolute atomic E-state index is 11.6. The van der Waals surface area contributed by atoms with Crippen LogP contribution in [-0.2, 0) is 8.85 Å². The van der Waals surface area contributed by atoms with Crippen molar-refractivity contribution in [3.05, 3.63) is 0 Å². The molecule has 0 aliphatic rings. The molecule has 0 N–H and O–H groups in total. The number of rotatable bonds is 5. The lowest BCUT2D eigenvalue weighted by molar-refractivity contribution is 0.198. The third-order valence-electron chi connectivity index (χ3n) is 2.84. The first-order chi connectivity index (χ1) is 8.68. The van der Waals surface area contributed by atoms with Crippen LogP contribution < -0.4 is 0 Å². The minimum Gasteiger partial charge on any atom is -0.502 e. The van der Waals surface area contributed by atoms with Gasteiger partial charge in [0.25, 0.3) is 8.32 Å². The number of hydrogen-bond donors (Lipinski definition) is 0. The van der Waals surface area contributed by atoms with Crippen molar-refractivity contribution in [2.75, 3.05) is 0 Å². The molecule has 0 heterocycles. The smallest absolute Gasteiger partial charge is 0.439 e. The predicted molar refractivity (Wildman–Crippen MR) is 78.4 cm³/mol. The van der Waals surface area contributed by atoms with Crippen molar-refractivity contribution in [3.63, 3.8) is 0 Å². The number of azo groups is 1. The normalized spacial score (nSPS) is 12.5. The van der Waals surface area contributed by atoms with E-state index < -0.39 is 28.8 Å². The SMILES string of the molecule is CC[Si](CC)(CC)OC(=O)N=NC(=O)O[Si](C)(C)C. The first kappa shape index (κ1) is 18.0. The summed E-state index contributed by atoms with van der Waals surface area (Å²) in [7, 11) is -4.05. The highest BCUT2D eigenvalue weighted by molar-refractivity contribution is 6.74. The molecule has 0 radical (unpaired) electrons. The fraction of sp³-hybridized carbons (Fsp3) is 0.818. The van der Waals surface area contributed by atoms with E-state index in [1.54, 1.807) is 0 Å². The van der Waals surface area contributed by atoms with Crippen molar-refractivity contribution in [1.82, 2.24) is 0 Å². The summed E-state index contributed by atoms with van der Waals surface area (Å²) in [6, 6.07) is 2.50. The monoisotopic (exact) mass is 304 g/mol. The van der Waals surface area contributed by atoms with Gasteiger partial charge in [-0.15, -0.1) is 0 Å². The Morgan fingerprint density at radius 2 is 1.21 bits per heavy atom. The molecule has 0 rings (SSSR count). The standard InChI is InChI=1S/C11H24N2O4Si2/c1-7-19(8-2,9-3)17-11(15)13-12-10(14)16-18(4,5)6/h7-9H2,1-6H3. The second-order valence-corrected chi connectivity index (χ2v) is 14.4. The topological polar surface area (TPSA) is 77.3 Å². The molecular weight excluding hydrogens is 280 g/mol. The van der Waals surface area contributed by atoms with E-state index in [2.05, 4.69) is 10.2 Å². The zero-order valence-corrected chi connectivity index (χ0v) is 14.6. The molecule has 0 aliphatic heterocycles. The molecule has 0 saturated carbocycles. The summed E-state index contributed by atoms with van der Waals surface area (Å²) in [5, 5.41) is 6.53. The molecule has 0 aromatic rings. The maximum atomic E-state index is 11.6. The van der Waals surface area contributed by atoms with Crippen LogP contribution in [0.2, 0.25) is 37.8 Å². The molecular formula is C11H24N2O4Si2. The van der Waals surface area contributed by atoms with Crippen molar-refractivity contribution in [1.29, 1.82) is 0 Å². The van der Waals surface area contributed by atoms with Crippen molar-refractivity contribution in [2.45, 2.75) is 58.5 Å². The third kappa shape index (κ3) is 7.21. The van der Waals surface area contributed by atoms with Crippen LogP contribution in [-0.4, -0.2) is 28.8 Å². The van der Waals surface area contributed by atoms with E-state index in [4.69, 9.17) is 8.85 Å². The molecule has 19 heavy (non-hydrogen) atoms. The highest BCUT2D eigenvalue weighted by Gasteiger charge is 2.33. The molecule has 8 heteroatoms. The first-order valence-corrected chi connectivity index (χ1v) is 12.5. The van der Waals surface area contributed by atoms with Crippen LogP contribution >= 0.6 is 0 Å². The van der Waals surface area contributed by atoms with E-state index >= 15 is 0 Å². The molecule has 0 saturated heterocycles. The Balaban J connectivity index is 4.50. The van der Waals surface area contributed by atoms with Gasteiger partial charge in [-0.05, 0) is 37.8 Å². The lowest BCUT2D eigenvalue weighted by atomic mass is 10.9. The molecule has 0 aromatic heterocycles. The van der Waals surface area contributed by atoms with E-state index in [0.717, 1.165) is 18.1 Å². The van der Waals surface area contributed by atoms with E-state index in [1.807, 2.05) is 40.4 Å². The first-order valence-electron chi connectivity index (χ1n) is 6.55. The third-order valence-corrected chi connectivity index (χ3v) is 8.10. The van der Waals surface area contributed by atoms with Gasteiger partial charge in [0.05, 0.1) is 0 Å². The molecule has 0 atom stereocenters. The molecule has 0 fully saturated rings. The van der Waals surface area contributed by atoms with Gasteiger partial charge in [0.1, 0.15) is 0 Å². The van der Waals surface area contributed by atoms with E-state index in [9.17, 15) is 9.59 Å². The number of amides is 2.